The normalized spacial score (nSPS) is 25.6. The van der Waals surface area contributed by atoms with E-state index in [-0.39, 0.29) is 5.92 Å². The molecule has 5 heteroatoms. The van der Waals surface area contributed by atoms with E-state index in [9.17, 15) is 4.79 Å². The van der Waals surface area contributed by atoms with Crippen LogP contribution in [0.2, 0.25) is 0 Å². The first kappa shape index (κ1) is 18.9. The van der Waals surface area contributed by atoms with E-state index in [0.29, 0.717) is 17.7 Å². The van der Waals surface area contributed by atoms with Crippen molar-refractivity contribution >= 4 is 11.7 Å². The summed E-state index contributed by atoms with van der Waals surface area (Å²) in [6.07, 6.45) is 4.87. The van der Waals surface area contributed by atoms with Crippen molar-refractivity contribution in [3.63, 3.8) is 0 Å². The minimum atomic E-state index is 0.0707. The van der Waals surface area contributed by atoms with Gasteiger partial charge in [-0.2, -0.15) is 0 Å². The van der Waals surface area contributed by atoms with Gasteiger partial charge < -0.3 is 9.80 Å². The molecule has 0 saturated carbocycles. The summed E-state index contributed by atoms with van der Waals surface area (Å²) in [6.45, 7) is 8.03. The molecule has 4 rings (SSSR count). The number of nitrogens with zero attached hydrogens (tertiary/aromatic N) is 4. The van der Waals surface area contributed by atoms with Crippen LogP contribution < -0.4 is 4.90 Å². The lowest BCUT2D eigenvalue weighted by atomic mass is 9.89. The number of aromatic nitrogens is 2. The first-order valence-corrected chi connectivity index (χ1v) is 10.5. The molecule has 3 atom stereocenters. The van der Waals surface area contributed by atoms with E-state index in [1.54, 1.807) is 6.33 Å². The maximum absolute atomic E-state index is 13.2. The van der Waals surface area contributed by atoms with E-state index in [1.165, 1.54) is 6.42 Å². The predicted octanol–water partition coefficient (Wildman–Crippen LogP) is 3.86. The number of anilines is 1. The smallest absolute Gasteiger partial charge is 0.227 e. The Labute approximate surface area is 167 Å². The minimum Gasteiger partial charge on any atom is -0.356 e. The van der Waals surface area contributed by atoms with Gasteiger partial charge in [0.1, 0.15) is 12.1 Å². The second-order valence-electron chi connectivity index (χ2n) is 8.60. The van der Waals surface area contributed by atoms with Gasteiger partial charge in [-0.25, -0.2) is 9.97 Å². The summed E-state index contributed by atoms with van der Waals surface area (Å²) in [5.41, 5.74) is 2.02. The van der Waals surface area contributed by atoms with Crippen LogP contribution in [-0.4, -0.2) is 47.0 Å². The fourth-order valence-electron chi connectivity index (χ4n) is 4.77. The number of rotatable bonds is 3. The van der Waals surface area contributed by atoms with Gasteiger partial charge in [-0.1, -0.05) is 44.2 Å². The maximum Gasteiger partial charge on any atom is 0.227 e. The fourth-order valence-corrected chi connectivity index (χ4v) is 4.77. The first-order valence-electron chi connectivity index (χ1n) is 10.5. The zero-order valence-electron chi connectivity index (χ0n) is 16.9. The molecule has 3 unspecified atom stereocenters. The van der Waals surface area contributed by atoms with Crippen LogP contribution in [0.25, 0.3) is 11.3 Å². The molecule has 1 aromatic heterocycles. The van der Waals surface area contributed by atoms with Gasteiger partial charge in [-0.05, 0) is 31.1 Å². The van der Waals surface area contributed by atoms with E-state index in [4.69, 9.17) is 0 Å². The topological polar surface area (TPSA) is 49.3 Å². The number of likely N-dealkylation sites (tertiary alicyclic amines) is 1. The Morgan fingerprint density at radius 3 is 2.54 bits per heavy atom. The molecule has 2 aromatic rings. The van der Waals surface area contributed by atoms with Gasteiger partial charge in [-0.15, -0.1) is 0 Å². The Hall–Kier alpha value is -2.43. The molecule has 1 amide bonds. The molecule has 0 spiro atoms. The molecule has 0 radical (unpaired) electrons. The lowest BCUT2D eigenvalue weighted by Gasteiger charge is -2.40. The molecule has 148 valence electrons. The van der Waals surface area contributed by atoms with Crippen LogP contribution >= 0.6 is 0 Å². The number of hydrogen-bond acceptors (Lipinski definition) is 4. The standard InChI is InChI=1S/C23H30N4O/c1-17-11-18(2)14-27(13-17)23(28)20-9-6-10-26(15-20)22-12-21(24-16-25-22)19-7-4-3-5-8-19/h3-5,7-8,12,16-18,20H,6,9-11,13-15H2,1-2H3. The lowest BCUT2D eigenvalue weighted by Crippen LogP contribution is -2.49. The molecule has 2 aliphatic heterocycles. The van der Waals surface area contributed by atoms with E-state index < -0.39 is 0 Å². The molecular formula is C23H30N4O. The van der Waals surface area contributed by atoms with E-state index >= 15 is 0 Å². The predicted molar refractivity (Wildman–Crippen MR) is 112 cm³/mol. The average molecular weight is 379 g/mol. The third-order valence-corrected chi connectivity index (χ3v) is 6.00. The summed E-state index contributed by atoms with van der Waals surface area (Å²) >= 11 is 0. The van der Waals surface area contributed by atoms with Gasteiger partial charge >= 0.3 is 0 Å². The van der Waals surface area contributed by atoms with E-state index in [0.717, 1.165) is 56.1 Å². The largest absolute Gasteiger partial charge is 0.356 e. The van der Waals surface area contributed by atoms with Crippen molar-refractivity contribution in [1.29, 1.82) is 0 Å². The lowest BCUT2D eigenvalue weighted by molar-refractivity contribution is -0.138. The zero-order valence-corrected chi connectivity index (χ0v) is 16.9. The van der Waals surface area contributed by atoms with E-state index in [2.05, 4.69) is 45.7 Å². The van der Waals surface area contributed by atoms with Crippen molar-refractivity contribution in [2.75, 3.05) is 31.1 Å². The molecule has 2 saturated heterocycles. The molecule has 5 nitrogen and oxygen atoms in total. The van der Waals surface area contributed by atoms with Gasteiger partial charge in [0.2, 0.25) is 5.91 Å². The molecule has 3 heterocycles. The summed E-state index contributed by atoms with van der Waals surface area (Å²) in [6, 6.07) is 12.2. The highest BCUT2D eigenvalue weighted by Gasteiger charge is 2.33. The highest BCUT2D eigenvalue weighted by atomic mass is 16.2. The molecule has 2 fully saturated rings. The number of piperidine rings is 2. The number of carbonyl (C=O) groups is 1. The van der Waals surface area contributed by atoms with Crippen LogP contribution in [0.4, 0.5) is 5.82 Å². The molecule has 2 aliphatic rings. The quantitative estimate of drug-likeness (QED) is 0.814. The van der Waals surface area contributed by atoms with Crippen molar-refractivity contribution in [3.8, 4) is 11.3 Å². The van der Waals surface area contributed by atoms with Gasteiger partial charge in [0.05, 0.1) is 11.6 Å². The second-order valence-corrected chi connectivity index (χ2v) is 8.60. The molecular weight excluding hydrogens is 348 g/mol. The van der Waals surface area contributed by atoms with Crippen LogP contribution in [0.1, 0.15) is 33.1 Å². The van der Waals surface area contributed by atoms with Crippen LogP contribution in [0, 0.1) is 17.8 Å². The Balaban J connectivity index is 1.47. The highest BCUT2D eigenvalue weighted by Crippen LogP contribution is 2.28. The SMILES string of the molecule is CC1CC(C)CN(C(=O)C2CCCN(c3cc(-c4ccccc4)ncn3)C2)C1. The van der Waals surface area contributed by atoms with Gasteiger partial charge in [0.25, 0.3) is 0 Å². The number of amides is 1. The Kier molecular flexibility index (Phi) is 5.60. The number of carbonyl (C=O) groups excluding carboxylic acids is 1. The van der Waals surface area contributed by atoms with Gasteiger partial charge in [-0.3, -0.25) is 4.79 Å². The number of hydrogen-bond donors (Lipinski definition) is 0. The van der Waals surface area contributed by atoms with Crippen molar-refractivity contribution in [2.24, 2.45) is 17.8 Å². The van der Waals surface area contributed by atoms with E-state index in [1.807, 2.05) is 24.3 Å². The molecule has 28 heavy (non-hydrogen) atoms. The fraction of sp³-hybridized carbons (Fsp3) is 0.522. The van der Waals surface area contributed by atoms with Gasteiger partial charge in [0.15, 0.2) is 0 Å². The zero-order chi connectivity index (χ0) is 19.5. The highest BCUT2D eigenvalue weighted by molar-refractivity contribution is 5.80. The van der Waals surface area contributed by atoms with Crippen LogP contribution in [0.5, 0.6) is 0 Å². The Morgan fingerprint density at radius 1 is 1.04 bits per heavy atom. The third kappa shape index (κ3) is 4.18. The minimum absolute atomic E-state index is 0.0707. The second kappa shape index (κ2) is 8.29. The Bertz CT molecular complexity index is 799. The summed E-state index contributed by atoms with van der Waals surface area (Å²) < 4.78 is 0. The van der Waals surface area contributed by atoms with Crippen LogP contribution in [0.15, 0.2) is 42.7 Å². The molecule has 0 N–H and O–H groups in total. The maximum atomic E-state index is 13.2. The molecule has 1 aromatic carbocycles. The average Bonchev–Trinajstić information content (AvgIpc) is 2.73. The van der Waals surface area contributed by atoms with Crippen molar-refractivity contribution < 1.29 is 4.79 Å². The summed E-state index contributed by atoms with van der Waals surface area (Å²) in [5, 5.41) is 0. The summed E-state index contributed by atoms with van der Waals surface area (Å²) in [5.74, 6) is 2.53. The van der Waals surface area contributed by atoms with Crippen LogP contribution in [-0.2, 0) is 4.79 Å². The van der Waals surface area contributed by atoms with Crippen molar-refractivity contribution in [1.82, 2.24) is 14.9 Å². The first-order chi connectivity index (χ1) is 13.6. The molecule has 0 bridgehead atoms. The Morgan fingerprint density at radius 2 is 1.79 bits per heavy atom. The monoisotopic (exact) mass is 378 g/mol. The van der Waals surface area contributed by atoms with Crippen molar-refractivity contribution in [3.05, 3.63) is 42.7 Å². The molecule has 0 aliphatic carbocycles. The summed E-state index contributed by atoms with van der Waals surface area (Å²) in [4.78, 5) is 26.5. The van der Waals surface area contributed by atoms with Gasteiger partial charge in [0, 0.05) is 37.8 Å². The van der Waals surface area contributed by atoms with Crippen LogP contribution in [0.3, 0.4) is 0 Å². The summed E-state index contributed by atoms with van der Waals surface area (Å²) in [7, 11) is 0. The number of benzene rings is 1. The van der Waals surface area contributed by atoms with Crippen molar-refractivity contribution in [2.45, 2.75) is 33.1 Å². The third-order valence-electron chi connectivity index (χ3n) is 6.00.